The molecule has 1 saturated heterocycles. The summed E-state index contributed by atoms with van der Waals surface area (Å²) in [6.45, 7) is 4.58. The van der Waals surface area contributed by atoms with E-state index < -0.39 is 10.0 Å². The van der Waals surface area contributed by atoms with Gasteiger partial charge in [0.1, 0.15) is 0 Å². The lowest BCUT2D eigenvalue weighted by Gasteiger charge is -2.34. The van der Waals surface area contributed by atoms with Crippen LogP contribution in [0.15, 0.2) is 23.1 Å². The van der Waals surface area contributed by atoms with Crippen LogP contribution in [0.25, 0.3) is 0 Å². The fraction of sp³-hybridized carbons (Fsp3) is 0.500. The molecule has 6 heteroatoms. The molecule has 20 heavy (non-hydrogen) atoms. The Morgan fingerprint density at radius 1 is 1.45 bits per heavy atom. The van der Waals surface area contributed by atoms with Gasteiger partial charge in [0.05, 0.1) is 16.5 Å². The summed E-state index contributed by atoms with van der Waals surface area (Å²) in [5.74, 6) is 0.150. The van der Waals surface area contributed by atoms with E-state index in [1.54, 1.807) is 19.1 Å². The fourth-order valence-corrected chi connectivity index (χ4v) is 4.25. The minimum absolute atomic E-state index is 0.0588. The molecule has 2 N–H and O–H groups in total. The Balaban J connectivity index is 2.34. The smallest absolute Gasteiger partial charge is 0.243 e. The zero-order chi connectivity index (χ0) is 14.9. The van der Waals surface area contributed by atoms with Gasteiger partial charge >= 0.3 is 0 Å². The van der Waals surface area contributed by atoms with Gasteiger partial charge in [-0.05, 0) is 43.0 Å². The van der Waals surface area contributed by atoms with Crippen LogP contribution in [0.1, 0.15) is 24.5 Å². The molecule has 1 aromatic rings. The molecular formula is C14H19N3O2S. The summed E-state index contributed by atoms with van der Waals surface area (Å²) in [7, 11) is -3.51. The van der Waals surface area contributed by atoms with Gasteiger partial charge in [0.15, 0.2) is 0 Å². The van der Waals surface area contributed by atoms with E-state index in [-0.39, 0.29) is 16.9 Å². The normalized spacial score (nSPS) is 24.3. The van der Waals surface area contributed by atoms with Crippen LogP contribution in [-0.4, -0.2) is 31.9 Å². The Morgan fingerprint density at radius 3 is 2.70 bits per heavy atom. The second-order valence-electron chi connectivity index (χ2n) is 5.38. The molecule has 1 heterocycles. The Bertz CT molecular complexity index is 649. The molecule has 2 atom stereocenters. The summed E-state index contributed by atoms with van der Waals surface area (Å²) in [4.78, 5) is 0.277. The van der Waals surface area contributed by atoms with Crippen LogP contribution >= 0.6 is 0 Å². The Labute approximate surface area is 120 Å². The Hall–Kier alpha value is -1.42. The number of benzene rings is 1. The second kappa shape index (κ2) is 5.52. The highest BCUT2D eigenvalue weighted by Gasteiger charge is 2.32. The van der Waals surface area contributed by atoms with E-state index in [0.29, 0.717) is 30.6 Å². The average molecular weight is 293 g/mol. The number of piperidine rings is 1. The van der Waals surface area contributed by atoms with Crippen LogP contribution < -0.4 is 5.73 Å². The van der Waals surface area contributed by atoms with Gasteiger partial charge < -0.3 is 5.73 Å². The minimum atomic E-state index is -3.51. The standard InChI is InChI=1S/C14H19N3O2S/c1-10-7-12(8-15)3-4-14(10)20(18,19)17-6-5-13(16)11(2)9-17/h3-4,7,11,13H,5-6,9,16H2,1-2H3. The first-order valence-corrected chi connectivity index (χ1v) is 8.06. The van der Waals surface area contributed by atoms with E-state index in [0.717, 1.165) is 0 Å². The Kier molecular flexibility index (Phi) is 4.14. The highest BCUT2D eigenvalue weighted by molar-refractivity contribution is 7.89. The SMILES string of the molecule is Cc1cc(C#N)ccc1S(=O)(=O)N1CCC(N)C(C)C1. The monoisotopic (exact) mass is 293 g/mol. The third-order valence-electron chi connectivity index (χ3n) is 3.86. The Morgan fingerprint density at radius 2 is 2.15 bits per heavy atom. The van der Waals surface area contributed by atoms with Crippen molar-refractivity contribution in [3.8, 4) is 6.07 Å². The first-order chi connectivity index (χ1) is 9.36. The molecule has 1 fully saturated rings. The minimum Gasteiger partial charge on any atom is -0.327 e. The van der Waals surface area contributed by atoms with Gasteiger partial charge in [-0.2, -0.15) is 9.57 Å². The highest BCUT2D eigenvalue weighted by Crippen LogP contribution is 2.25. The molecule has 108 valence electrons. The van der Waals surface area contributed by atoms with E-state index >= 15 is 0 Å². The summed E-state index contributed by atoms with van der Waals surface area (Å²) in [6, 6.07) is 6.73. The lowest BCUT2D eigenvalue weighted by atomic mass is 9.96. The quantitative estimate of drug-likeness (QED) is 0.888. The van der Waals surface area contributed by atoms with Crippen LogP contribution in [0, 0.1) is 24.2 Å². The molecule has 0 aromatic heterocycles. The number of sulfonamides is 1. The number of hydrogen-bond donors (Lipinski definition) is 1. The zero-order valence-corrected chi connectivity index (χ0v) is 12.5. The number of rotatable bonds is 2. The second-order valence-corrected chi connectivity index (χ2v) is 7.29. The molecule has 1 aromatic carbocycles. The summed E-state index contributed by atoms with van der Waals surface area (Å²) >= 11 is 0. The van der Waals surface area contributed by atoms with Gasteiger partial charge in [-0.25, -0.2) is 8.42 Å². The molecule has 1 aliphatic rings. The lowest BCUT2D eigenvalue weighted by Crippen LogP contribution is -2.48. The molecule has 5 nitrogen and oxygen atoms in total. The predicted molar refractivity (Wildman–Crippen MR) is 76.4 cm³/mol. The third-order valence-corrected chi connectivity index (χ3v) is 5.88. The maximum absolute atomic E-state index is 12.7. The third kappa shape index (κ3) is 2.70. The molecule has 0 bridgehead atoms. The molecule has 0 saturated carbocycles. The summed E-state index contributed by atoms with van der Waals surface area (Å²) in [5, 5.41) is 8.84. The summed E-state index contributed by atoms with van der Waals surface area (Å²) in [5.41, 5.74) is 7.00. The largest absolute Gasteiger partial charge is 0.327 e. The van der Waals surface area contributed by atoms with E-state index in [1.807, 2.05) is 13.0 Å². The van der Waals surface area contributed by atoms with Gasteiger partial charge in [0.25, 0.3) is 0 Å². The first-order valence-electron chi connectivity index (χ1n) is 6.62. The maximum atomic E-state index is 12.7. The molecule has 0 amide bonds. The van der Waals surface area contributed by atoms with E-state index in [4.69, 9.17) is 11.0 Å². The van der Waals surface area contributed by atoms with Crippen LogP contribution in [0.3, 0.4) is 0 Å². The highest BCUT2D eigenvalue weighted by atomic mass is 32.2. The van der Waals surface area contributed by atoms with Gasteiger partial charge in [-0.15, -0.1) is 0 Å². The van der Waals surface area contributed by atoms with Crippen molar-refractivity contribution >= 4 is 10.0 Å². The molecule has 2 unspecified atom stereocenters. The number of nitrogens with two attached hydrogens (primary N) is 1. The van der Waals surface area contributed by atoms with Crippen molar-refractivity contribution in [3.05, 3.63) is 29.3 Å². The van der Waals surface area contributed by atoms with E-state index in [9.17, 15) is 8.42 Å². The maximum Gasteiger partial charge on any atom is 0.243 e. The zero-order valence-electron chi connectivity index (χ0n) is 11.7. The molecular weight excluding hydrogens is 274 g/mol. The van der Waals surface area contributed by atoms with Gasteiger partial charge in [-0.1, -0.05) is 6.92 Å². The van der Waals surface area contributed by atoms with Crippen LogP contribution in [0.2, 0.25) is 0 Å². The van der Waals surface area contributed by atoms with Gasteiger partial charge in [0.2, 0.25) is 10.0 Å². The van der Waals surface area contributed by atoms with Crippen LogP contribution in [-0.2, 0) is 10.0 Å². The molecule has 0 spiro atoms. The number of aryl methyl sites for hydroxylation is 1. The number of hydrogen-bond acceptors (Lipinski definition) is 4. The van der Waals surface area contributed by atoms with Crippen LogP contribution in [0.5, 0.6) is 0 Å². The lowest BCUT2D eigenvalue weighted by molar-refractivity contribution is 0.250. The van der Waals surface area contributed by atoms with Crippen molar-refractivity contribution in [3.63, 3.8) is 0 Å². The van der Waals surface area contributed by atoms with Crippen LogP contribution in [0.4, 0.5) is 0 Å². The van der Waals surface area contributed by atoms with E-state index in [2.05, 4.69) is 0 Å². The summed E-state index contributed by atoms with van der Waals surface area (Å²) in [6.07, 6.45) is 0.676. The topological polar surface area (TPSA) is 87.2 Å². The fourth-order valence-electron chi connectivity index (χ4n) is 2.49. The van der Waals surface area contributed by atoms with Gasteiger partial charge in [0, 0.05) is 19.1 Å². The molecule has 2 rings (SSSR count). The number of nitrogens with zero attached hydrogens (tertiary/aromatic N) is 2. The van der Waals surface area contributed by atoms with Gasteiger partial charge in [-0.3, -0.25) is 0 Å². The molecule has 0 radical (unpaired) electrons. The van der Waals surface area contributed by atoms with Crippen molar-refractivity contribution in [2.45, 2.75) is 31.2 Å². The first kappa shape index (κ1) is 15.0. The van der Waals surface area contributed by atoms with E-state index in [1.165, 1.54) is 10.4 Å². The number of nitriles is 1. The summed E-state index contributed by atoms with van der Waals surface area (Å²) < 4.78 is 26.8. The average Bonchev–Trinajstić information content (AvgIpc) is 2.41. The molecule has 1 aliphatic heterocycles. The van der Waals surface area contributed by atoms with Crippen molar-refractivity contribution in [1.29, 1.82) is 5.26 Å². The van der Waals surface area contributed by atoms with Crippen molar-refractivity contribution in [2.24, 2.45) is 11.7 Å². The van der Waals surface area contributed by atoms with Crippen molar-refractivity contribution in [2.75, 3.05) is 13.1 Å². The molecule has 0 aliphatic carbocycles. The van der Waals surface area contributed by atoms with Crippen molar-refractivity contribution in [1.82, 2.24) is 4.31 Å². The van der Waals surface area contributed by atoms with Crippen molar-refractivity contribution < 1.29 is 8.42 Å². The predicted octanol–water partition coefficient (Wildman–Crippen LogP) is 1.22.